The van der Waals surface area contributed by atoms with Crippen LogP contribution in [-0.2, 0) is 0 Å². The summed E-state index contributed by atoms with van der Waals surface area (Å²) in [5.41, 5.74) is 1.63. The molecule has 0 bridgehead atoms. The Bertz CT molecular complexity index is 754. The molecule has 98 valence electrons. The Kier molecular flexibility index (Phi) is 2.42. The minimum atomic E-state index is 0.256. The van der Waals surface area contributed by atoms with Crippen LogP contribution in [0.2, 0.25) is 0 Å². The van der Waals surface area contributed by atoms with E-state index in [2.05, 4.69) is 9.97 Å². The molecule has 0 atom stereocenters. The molecule has 0 saturated carbocycles. The van der Waals surface area contributed by atoms with E-state index in [0.717, 1.165) is 28.5 Å². The Morgan fingerprint density at radius 1 is 1.00 bits per heavy atom. The van der Waals surface area contributed by atoms with E-state index >= 15 is 0 Å². The molecular weight excluding hydrogens is 256 g/mol. The maximum atomic E-state index is 5.37. The van der Waals surface area contributed by atoms with Gasteiger partial charge in [0.05, 0.1) is 6.26 Å². The molecule has 0 amide bonds. The largest absolute Gasteiger partial charge is 0.463 e. The van der Waals surface area contributed by atoms with Gasteiger partial charge in [-0.05, 0) is 36.4 Å². The van der Waals surface area contributed by atoms with Crippen molar-refractivity contribution in [3.05, 3.63) is 48.9 Å². The normalized spacial score (nSPS) is 12.6. The lowest BCUT2D eigenvalue weighted by atomic mass is 10.2. The zero-order chi connectivity index (χ0) is 13.4. The second-order valence-electron chi connectivity index (χ2n) is 4.31. The average Bonchev–Trinajstić information content (AvgIpc) is 3.18. The fourth-order valence-electron chi connectivity index (χ4n) is 2.09. The topological polar surface area (TPSA) is 57.4 Å². The van der Waals surface area contributed by atoms with Crippen LogP contribution in [0.25, 0.3) is 22.8 Å². The highest BCUT2D eigenvalue weighted by atomic mass is 16.7. The summed E-state index contributed by atoms with van der Waals surface area (Å²) in [5.74, 6) is 2.80. The minimum absolute atomic E-state index is 0.256. The minimum Gasteiger partial charge on any atom is -0.463 e. The third kappa shape index (κ3) is 1.80. The lowest BCUT2D eigenvalue weighted by molar-refractivity contribution is 0.174. The molecule has 0 aliphatic carbocycles. The van der Waals surface area contributed by atoms with Gasteiger partial charge < -0.3 is 13.9 Å². The molecule has 0 radical (unpaired) electrons. The van der Waals surface area contributed by atoms with E-state index in [4.69, 9.17) is 13.9 Å². The van der Waals surface area contributed by atoms with Crippen LogP contribution in [0.15, 0.2) is 53.3 Å². The summed E-state index contributed by atoms with van der Waals surface area (Å²) in [7, 11) is 0. The van der Waals surface area contributed by atoms with Gasteiger partial charge in [0, 0.05) is 11.8 Å². The number of benzene rings is 1. The smallest absolute Gasteiger partial charge is 0.231 e. The first kappa shape index (κ1) is 11.0. The van der Waals surface area contributed by atoms with E-state index in [0.29, 0.717) is 5.82 Å². The van der Waals surface area contributed by atoms with Gasteiger partial charge >= 0.3 is 0 Å². The SMILES string of the molecule is c1coc(-c2ccnc(-c3ccc4c(c3)OCO4)n2)c1. The third-order valence-electron chi connectivity index (χ3n) is 3.06. The molecule has 0 N–H and O–H groups in total. The zero-order valence-corrected chi connectivity index (χ0v) is 10.4. The van der Waals surface area contributed by atoms with Crippen LogP contribution in [0.5, 0.6) is 11.5 Å². The fraction of sp³-hybridized carbons (Fsp3) is 0.0667. The van der Waals surface area contributed by atoms with Gasteiger partial charge in [0.25, 0.3) is 0 Å². The maximum absolute atomic E-state index is 5.37. The maximum Gasteiger partial charge on any atom is 0.231 e. The van der Waals surface area contributed by atoms with Gasteiger partial charge in [0.2, 0.25) is 6.79 Å². The summed E-state index contributed by atoms with van der Waals surface area (Å²) in [4.78, 5) is 8.81. The van der Waals surface area contributed by atoms with E-state index in [1.807, 2.05) is 36.4 Å². The molecule has 0 spiro atoms. The molecule has 3 heterocycles. The van der Waals surface area contributed by atoms with Crippen molar-refractivity contribution in [3.63, 3.8) is 0 Å². The average molecular weight is 266 g/mol. The second kappa shape index (κ2) is 4.38. The predicted octanol–water partition coefficient (Wildman–Crippen LogP) is 3.13. The van der Waals surface area contributed by atoms with E-state index < -0.39 is 0 Å². The molecule has 0 unspecified atom stereocenters. The number of furan rings is 1. The number of fused-ring (bicyclic) bond motifs is 1. The number of rotatable bonds is 2. The standard InChI is InChI=1S/C15H10N2O3/c1-2-12(18-7-1)11-5-6-16-15(17-11)10-3-4-13-14(8-10)20-9-19-13/h1-8H,9H2. The van der Waals surface area contributed by atoms with Gasteiger partial charge in [0.15, 0.2) is 23.1 Å². The summed E-state index contributed by atoms with van der Waals surface area (Å²) in [6, 6.07) is 11.2. The van der Waals surface area contributed by atoms with E-state index in [1.165, 1.54) is 0 Å². The van der Waals surface area contributed by atoms with Crippen molar-refractivity contribution >= 4 is 0 Å². The highest BCUT2D eigenvalue weighted by molar-refractivity contribution is 5.64. The summed E-state index contributed by atoms with van der Waals surface area (Å²) < 4.78 is 16.0. The number of hydrogen-bond acceptors (Lipinski definition) is 5. The summed E-state index contributed by atoms with van der Waals surface area (Å²) in [6.07, 6.45) is 3.34. The van der Waals surface area contributed by atoms with Crippen LogP contribution in [-0.4, -0.2) is 16.8 Å². The van der Waals surface area contributed by atoms with Gasteiger partial charge in [-0.2, -0.15) is 0 Å². The molecule has 20 heavy (non-hydrogen) atoms. The molecule has 1 aromatic carbocycles. The van der Waals surface area contributed by atoms with Gasteiger partial charge in [0.1, 0.15) is 5.69 Å². The van der Waals surface area contributed by atoms with Gasteiger partial charge in [-0.25, -0.2) is 9.97 Å². The van der Waals surface area contributed by atoms with Crippen molar-refractivity contribution in [2.24, 2.45) is 0 Å². The Morgan fingerprint density at radius 2 is 1.95 bits per heavy atom. The molecule has 0 fully saturated rings. The highest BCUT2D eigenvalue weighted by Gasteiger charge is 2.15. The summed E-state index contributed by atoms with van der Waals surface area (Å²) >= 11 is 0. The fourth-order valence-corrected chi connectivity index (χ4v) is 2.09. The molecule has 1 aliphatic rings. The van der Waals surface area contributed by atoms with Crippen molar-refractivity contribution in [1.82, 2.24) is 9.97 Å². The zero-order valence-electron chi connectivity index (χ0n) is 10.4. The van der Waals surface area contributed by atoms with Gasteiger partial charge in [-0.15, -0.1) is 0 Å². The first-order chi connectivity index (χ1) is 9.90. The van der Waals surface area contributed by atoms with Crippen molar-refractivity contribution in [2.45, 2.75) is 0 Å². The van der Waals surface area contributed by atoms with Crippen LogP contribution in [0.1, 0.15) is 0 Å². The lowest BCUT2D eigenvalue weighted by Gasteiger charge is -2.03. The highest BCUT2D eigenvalue weighted by Crippen LogP contribution is 2.35. The number of hydrogen-bond donors (Lipinski definition) is 0. The Labute approximate surface area is 114 Å². The van der Waals surface area contributed by atoms with Crippen LogP contribution < -0.4 is 9.47 Å². The Morgan fingerprint density at radius 3 is 2.85 bits per heavy atom. The van der Waals surface area contributed by atoms with Crippen molar-refractivity contribution in [1.29, 1.82) is 0 Å². The molecule has 5 nitrogen and oxygen atoms in total. The number of aromatic nitrogens is 2. The molecule has 4 rings (SSSR count). The van der Waals surface area contributed by atoms with Crippen molar-refractivity contribution < 1.29 is 13.9 Å². The molecule has 3 aromatic rings. The predicted molar refractivity (Wildman–Crippen MR) is 71.3 cm³/mol. The van der Waals surface area contributed by atoms with E-state index in [-0.39, 0.29) is 6.79 Å². The van der Waals surface area contributed by atoms with E-state index in [1.54, 1.807) is 12.5 Å². The Balaban J connectivity index is 1.77. The Hall–Kier alpha value is -2.82. The van der Waals surface area contributed by atoms with Crippen molar-refractivity contribution in [3.8, 4) is 34.3 Å². The summed E-state index contributed by atoms with van der Waals surface area (Å²) in [5, 5.41) is 0. The van der Waals surface area contributed by atoms with E-state index in [9.17, 15) is 0 Å². The molecule has 5 heteroatoms. The lowest BCUT2D eigenvalue weighted by Crippen LogP contribution is -1.93. The van der Waals surface area contributed by atoms with Gasteiger partial charge in [-0.1, -0.05) is 0 Å². The summed E-state index contributed by atoms with van der Waals surface area (Å²) in [6.45, 7) is 0.256. The van der Waals surface area contributed by atoms with Crippen molar-refractivity contribution in [2.75, 3.05) is 6.79 Å². The van der Waals surface area contributed by atoms with Crippen LogP contribution in [0.4, 0.5) is 0 Å². The molecule has 0 saturated heterocycles. The molecule has 1 aliphatic heterocycles. The van der Waals surface area contributed by atoms with Crippen LogP contribution in [0, 0.1) is 0 Å². The number of nitrogens with zero attached hydrogens (tertiary/aromatic N) is 2. The quantitative estimate of drug-likeness (QED) is 0.713. The number of ether oxygens (including phenoxy) is 2. The first-order valence-electron chi connectivity index (χ1n) is 6.17. The monoisotopic (exact) mass is 266 g/mol. The molecule has 2 aromatic heterocycles. The van der Waals surface area contributed by atoms with Gasteiger partial charge in [-0.3, -0.25) is 0 Å². The van der Waals surface area contributed by atoms with Crippen LogP contribution in [0.3, 0.4) is 0 Å². The third-order valence-corrected chi connectivity index (χ3v) is 3.06. The molecular formula is C15H10N2O3. The second-order valence-corrected chi connectivity index (χ2v) is 4.31. The first-order valence-corrected chi connectivity index (χ1v) is 6.17. The van der Waals surface area contributed by atoms with Crippen LogP contribution >= 0.6 is 0 Å².